The van der Waals surface area contributed by atoms with Crippen LogP contribution >= 0.6 is 0 Å². The van der Waals surface area contributed by atoms with Gasteiger partial charge in [0.25, 0.3) is 0 Å². The number of hydrogen-bond donors (Lipinski definition) is 4. The number of anilines is 1. The first-order valence-corrected chi connectivity index (χ1v) is 12.9. The van der Waals surface area contributed by atoms with Crippen molar-refractivity contribution in [2.45, 2.75) is 37.8 Å². The van der Waals surface area contributed by atoms with Gasteiger partial charge in [-0.15, -0.1) is 5.10 Å². The quantitative estimate of drug-likeness (QED) is 0.341. The summed E-state index contributed by atoms with van der Waals surface area (Å²) in [6.07, 6.45) is 6.53. The number of hydrogen-bond acceptors (Lipinski definition) is 7. The second-order valence-corrected chi connectivity index (χ2v) is 9.68. The van der Waals surface area contributed by atoms with E-state index in [1.54, 1.807) is 24.8 Å². The van der Waals surface area contributed by atoms with Crippen LogP contribution in [0.5, 0.6) is 5.88 Å². The van der Waals surface area contributed by atoms with E-state index in [1.807, 2.05) is 18.2 Å². The third-order valence-corrected chi connectivity index (χ3v) is 6.85. The molecule has 0 radical (unpaired) electrons. The lowest BCUT2D eigenvalue weighted by Crippen LogP contribution is -2.42. The van der Waals surface area contributed by atoms with Gasteiger partial charge in [0, 0.05) is 32.7 Å². The van der Waals surface area contributed by atoms with Crippen LogP contribution in [0.15, 0.2) is 36.4 Å². The van der Waals surface area contributed by atoms with Crippen molar-refractivity contribution in [3.05, 3.63) is 59.2 Å². The molecule has 212 valence electrons. The summed E-state index contributed by atoms with van der Waals surface area (Å²) in [5, 5.41) is 29.2. The molecule has 0 unspecified atom stereocenters. The van der Waals surface area contributed by atoms with Crippen LogP contribution in [0.3, 0.4) is 0 Å². The summed E-state index contributed by atoms with van der Waals surface area (Å²) >= 11 is 0. The van der Waals surface area contributed by atoms with Gasteiger partial charge in [-0.3, -0.25) is 10.2 Å². The van der Waals surface area contributed by atoms with Crippen LogP contribution in [-0.2, 0) is 4.74 Å². The lowest BCUT2D eigenvalue weighted by atomic mass is 9.94. The van der Waals surface area contributed by atoms with Crippen LogP contribution in [0.25, 0.3) is 5.70 Å². The van der Waals surface area contributed by atoms with Crippen molar-refractivity contribution in [1.82, 2.24) is 20.0 Å². The van der Waals surface area contributed by atoms with E-state index in [0.29, 0.717) is 43.2 Å². The zero-order valence-electron chi connectivity index (χ0n) is 22.1. The Labute approximate surface area is 225 Å². The van der Waals surface area contributed by atoms with Crippen LogP contribution < -0.4 is 15.4 Å². The van der Waals surface area contributed by atoms with Gasteiger partial charge in [0.1, 0.15) is 18.5 Å². The maximum atomic E-state index is 14.0. The lowest BCUT2D eigenvalue weighted by Gasteiger charge is -2.21. The molecule has 4 rings (SSSR count). The zero-order valence-corrected chi connectivity index (χ0v) is 22.1. The Hall–Kier alpha value is -3.32. The first-order valence-electron chi connectivity index (χ1n) is 12.9. The zero-order chi connectivity index (χ0) is 27.9. The summed E-state index contributed by atoms with van der Waals surface area (Å²) < 4.78 is 40.0. The third kappa shape index (κ3) is 7.01. The van der Waals surface area contributed by atoms with Gasteiger partial charge in [-0.05, 0) is 43.5 Å². The highest BCUT2D eigenvalue weighted by atomic mass is 19.2. The van der Waals surface area contributed by atoms with E-state index in [2.05, 4.69) is 20.6 Å². The van der Waals surface area contributed by atoms with E-state index in [4.69, 9.17) is 14.6 Å². The number of aromatic nitrogens is 2. The summed E-state index contributed by atoms with van der Waals surface area (Å²) in [7, 11) is 1.61. The van der Waals surface area contributed by atoms with Crippen LogP contribution in [0.1, 0.15) is 29.9 Å². The number of aliphatic hydroxyl groups excluding tert-OH is 2. The smallest absolute Gasteiger partial charge is 0.320 e. The highest BCUT2D eigenvalue weighted by Crippen LogP contribution is 2.31. The number of likely N-dealkylation sites (tertiary alicyclic amines) is 1. The minimum absolute atomic E-state index is 0.163. The summed E-state index contributed by atoms with van der Waals surface area (Å²) in [6.45, 7) is 3.28. The molecule has 2 amide bonds. The average molecular weight is 548 g/mol. The van der Waals surface area contributed by atoms with Gasteiger partial charge in [-0.25, -0.2) is 18.3 Å². The monoisotopic (exact) mass is 547 g/mol. The molecule has 1 aliphatic carbocycles. The van der Waals surface area contributed by atoms with E-state index in [9.17, 15) is 18.7 Å². The van der Waals surface area contributed by atoms with Crippen molar-refractivity contribution in [2.75, 3.05) is 51.9 Å². The van der Waals surface area contributed by atoms with Gasteiger partial charge in [0.05, 0.1) is 30.5 Å². The molecule has 0 bridgehead atoms. The van der Waals surface area contributed by atoms with E-state index in [0.717, 1.165) is 24.6 Å². The SMILES string of the molecule is COCCN1C[C@@H](NC(=O)Nc2c(C)c(OC[C@@H](O)CO)nn2C2=CCCC=C2)[C@H](c2ccc(F)c(F)c2)C1. The average Bonchev–Trinajstić information content (AvgIpc) is 3.48. The van der Waals surface area contributed by atoms with Crippen LogP contribution in [0.2, 0.25) is 0 Å². The maximum absolute atomic E-state index is 14.0. The molecule has 2 aliphatic rings. The molecule has 4 N–H and O–H groups in total. The molecule has 1 saturated heterocycles. The molecule has 1 aromatic carbocycles. The highest BCUT2D eigenvalue weighted by Gasteiger charge is 2.35. The number of amides is 2. The molecular formula is C27H35F2N5O5. The molecule has 10 nitrogen and oxygen atoms in total. The number of carbonyl (C=O) groups is 1. The van der Waals surface area contributed by atoms with E-state index < -0.39 is 30.4 Å². The standard InChI is InChI=1S/C27H35F2N5O5/c1-17-25(34(19-6-4-3-5-7-19)32-26(17)39-16-20(36)15-35)31-27(37)30-24-14-33(10-11-38-2)13-21(24)18-8-9-22(28)23(29)12-18/h4,6-9,12,20-21,24,35-36H,3,5,10-11,13-16H2,1-2H3,(H2,30,31,37)/t20-,21-,24+/m0/s1. The van der Waals surface area contributed by atoms with Crippen molar-refractivity contribution in [3.63, 3.8) is 0 Å². The van der Waals surface area contributed by atoms with Gasteiger partial charge in [-0.1, -0.05) is 18.2 Å². The van der Waals surface area contributed by atoms with Crippen LogP contribution in [-0.4, -0.2) is 89.6 Å². The van der Waals surface area contributed by atoms with Gasteiger partial charge >= 0.3 is 6.03 Å². The van der Waals surface area contributed by atoms with Gasteiger partial charge in [0.2, 0.25) is 5.88 Å². The van der Waals surface area contributed by atoms with Gasteiger partial charge in [-0.2, -0.15) is 0 Å². The molecule has 2 aromatic rings. The first-order chi connectivity index (χ1) is 18.8. The molecule has 0 saturated carbocycles. The number of benzene rings is 1. The Balaban J connectivity index is 1.55. The summed E-state index contributed by atoms with van der Waals surface area (Å²) in [6, 6.07) is 2.95. The highest BCUT2D eigenvalue weighted by molar-refractivity contribution is 5.90. The van der Waals surface area contributed by atoms with E-state index in [1.165, 1.54) is 6.07 Å². The number of methoxy groups -OCH3 is 1. The minimum Gasteiger partial charge on any atom is -0.474 e. The van der Waals surface area contributed by atoms with Crippen LogP contribution in [0.4, 0.5) is 19.4 Å². The summed E-state index contributed by atoms with van der Waals surface area (Å²) in [5.74, 6) is -1.52. The fourth-order valence-electron chi connectivity index (χ4n) is 4.76. The van der Waals surface area contributed by atoms with Crippen molar-refractivity contribution in [3.8, 4) is 5.88 Å². The fourth-order valence-corrected chi connectivity index (χ4v) is 4.76. The Kier molecular flexibility index (Phi) is 9.68. The number of nitrogens with zero attached hydrogens (tertiary/aromatic N) is 3. The van der Waals surface area contributed by atoms with Gasteiger partial charge < -0.3 is 25.0 Å². The van der Waals surface area contributed by atoms with Crippen molar-refractivity contribution in [1.29, 1.82) is 0 Å². The van der Waals surface area contributed by atoms with Crippen molar-refractivity contribution in [2.24, 2.45) is 0 Å². The Bertz CT molecular complexity index is 1220. The summed E-state index contributed by atoms with van der Waals surface area (Å²) in [5.41, 5.74) is 1.89. The second-order valence-electron chi connectivity index (χ2n) is 9.68. The van der Waals surface area contributed by atoms with Crippen LogP contribution in [0, 0.1) is 18.6 Å². The predicted octanol–water partition coefficient (Wildman–Crippen LogP) is 2.63. The molecule has 1 aliphatic heterocycles. The molecule has 39 heavy (non-hydrogen) atoms. The number of urea groups is 1. The molecule has 1 fully saturated rings. The predicted molar refractivity (Wildman–Crippen MR) is 142 cm³/mol. The Morgan fingerprint density at radius 1 is 1.26 bits per heavy atom. The number of ether oxygens (including phenoxy) is 2. The van der Waals surface area contributed by atoms with Gasteiger partial charge in [0.15, 0.2) is 11.6 Å². The summed E-state index contributed by atoms with van der Waals surface area (Å²) in [4.78, 5) is 15.4. The number of rotatable bonds is 11. The van der Waals surface area contributed by atoms with E-state index >= 15 is 0 Å². The Morgan fingerprint density at radius 3 is 2.77 bits per heavy atom. The topological polar surface area (TPSA) is 121 Å². The number of nitrogens with one attached hydrogen (secondary N) is 2. The number of halogens is 2. The maximum Gasteiger partial charge on any atom is 0.320 e. The molecule has 3 atom stereocenters. The number of allylic oxidation sites excluding steroid dienone is 4. The normalized spacial score (nSPS) is 20.1. The first kappa shape index (κ1) is 28.7. The number of aliphatic hydroxyl groups is 2. The fraction of sp³-hybridized carbons (Fsp3) is 0.481. The molecule has 1 aromatic heterocycles. The van der Waals surface area contributed by atoms with Crippen molar-refractivity contribution >= 4 is 17.5 Å². The third-order valence-electron chi connectivity index (χ3n) is 6.85. The molecule has 12 heteroatoms. The van der Waals surface area contributed by atoms with E-state index in [-0.39, 0.29) is 24.4 Å². The van der Waals surface area contributed by atoms with Crippen molar-refractivity contribution < 1.29 is 33.3 Å². The molecule has 0 spiro atoms. The number of carbonyl (C=O) groups excluding carboxylic acids is 1. The minimum atomic E-state index is -1.07. The lowest BCUT2D eigenvalue weighted by molar-refractivity contribution is 0.0518. The Morgan fingerprint density at radius 2 is 2.08 bits per heavy atom. The largest absolute Gasteiger partial charge is 0.474 e. The molecular weight excluding hydrogens is 512 g/mol. The molecule has 2 heterocycles. The second kappa shape index (κ2) is 13.2.